The molecule has 0 amide bonds. The molecule has 122 valence electrons. The van der Waals surface area contributed by atoms with Gasteiger partial charge >= 0.3 is 5.97 Å². The Kier molecular flexibility index (Phi) is 4.76. The first-order valence-corrected chi connectivity index (χ1v) is 8.15. The molecule has 0 radical (unpaired) electrons. The van der Waals surface area contributed by atoms with Gasteiger partial charge in [-0.1, -0.05) is 16.6 Å². The summed E-state index contributed by atoms with van der Waals surface area (Å²) in [5.41, 5.74) is 1.11. The molecule has 0 aliphatic carbocycles. The molecule has 24 heavy (non-hydrogen) atoms. The lowest BCUT2D eigenvalue weighted by Gasteiger charge is -2.10. The largest absolute Gasteiger partial charge is 0.481 e. The van der Waals surface area contributed by atoms with E-state index in [9.17, 15) is 9.59 Å². The molecule has 3 rings (SSSR count). The van der Waals surface area contributed by atoms with E-state index in [-0.39, 0.29) is 18.5 Å². The molecule has 7 nitrogen and oxygen atoms in total. The third kappa shape index (κ3) is 3.54. The molecule has 0 fully saturated rings. The molecule has 0 aliphatic heterocycles. The minimum atomic E-state index is -0.887. The van der Waals surface area contributed by atoms with E-state index in [1.165, 1.54) is 16.1 Å². The van der Waals surface area contributed by atoms with Gasteiger partial charge in [0.15, 0.2) is 0 Å². The summed E-state index contributed by atoms with van der Waals surface area (Å²) in [6, 6.07) is 7.10. The molecule has 0 unspecified atom stereocenters. The number of rotatable bonds is 6. The van der Waals surface area contributed by atoms with Crippen LogP contribution < -0.4 is 5.56 Å². The van der Waals surface area contributed by atoms with E-state index in [0.717, 1.165) is 0 Å². The molecule has 0 saturated carbocycles. The van der Waals surface area contributed by atoms with Crippen molar-refractivity contribution in [3.63, 3.8) is 0 Å². The number of nitrogens with zero attached hydrogens (tertiary/aromatic N) is 4. The van der Waals surface area contributed by atoms with Crippen molar-refractivity contribution >= 4 is 40.6 Å². The number of hydrogen-bond donors (Lipinski definition) is 1. The van der Waals surface area contributed by atoms with Gasteiger partial charge in [-0.2, -0.15) is 0 Å². The Balaban J connectivity index is 2.03. The smallest absolute Gasteiger partial charge is 0.303 e. The summed E-state index contributed by atoms with van der Waals surface area (Å²) in [5, 5.41) is 15.0. The SMILES string of the molecule is O=C(O)CCCn1c(C=Cc2csnn2)nc2ccccc2c1=O. The number of carboxylic acids is 1. The molecule has 0 atom stereocenters. The summed E-state index contributed by atoms with van der Waals surface area (Å²) in [6.07, 6.45) is 3.78. The Morgan fingerprint density at radius 3 is 2.88 bits per heavy atom. The topological polar surface area (TPSA) is 98.0 Å². The van der Waals surface area contributed by atoms with E-state index in [0.29, 0.717) is 28.8 Å². The molecular formula is C16H14N4O3S. The van der Waals surface area contributed by atoms with Gasteiger partial charge in [-0.25, -0.2) is 4.98 Å². The fourth-order valence-electron chi connectivity index (χ4n) is 2.32. The first-order chi connectivity index (χ1) is 11.6. The van der Waals surface area contributed by atoms with Crippen LogP contribution in [-0.2, 0) is 11.3 Å². The molecule has 0 bridgehead atoms. The summed E-state index contributed by atoms with van der Waals surface area (Å²) in [7, 11) is 0. The summed E-state index contributed by atoms with van der Waals surface area (Å²) in [5.74, 6) is -0.417. The maximum absolute atomic E-state index is 12.7. The molecular weight excluding hydrogens is 328 g/mol. The third-order valence-corrected chi connectivity index (χ3v) is 3.97. The highest BCUT2D eigenvalue weighted by Gasteiger charge is 2.09. The van der Waals surface area contributed by atoms with Gasteiger partial charge in [0.25, 0.3) is 5.56 Å². The zero-order valence-corrected chi connectivity index (χ0v) is 13.4. The van der Waals surface area contributed by atoms with Crippen LogP contribution in [0.25, 0.3) is 23.1 Å². The number of carboxylic acid groups (broad SMARTS) is 1. The van der Waals surface area contributed by atoms with Gasteiger partial charge in [-0.3, -0.25) is 14.2 Å². The Hall–Kier alpha value is -2.87. The molecule has 1 aromatic carbocycles. The number of fused-ring (bicyclic) bond motifs is 1. The second-order valence-corrected chi connectivity index (χ2v) is 5.71. The van der Waals surface area contributed by atoms with E-state index < -0.39 is 5.97 Å². The predicted octanol–water partition coefficient (Wildman–Crippen LogP) is 2.28. The first kappa shape index (κ1) is 16.0. The van der Waals surface area contributed by atoms with Crippen molar-refractivity contribution < 1.29 is 9.90 Å². The maximum atomic E-state index is 12.7. The van der Waals surface area contributed by atoms with Gasteiger partial charge in [0.1, 0.15) is 5.82 Å². The van der Waals surface area contributed by atoms with Gasteiger partial charge in [0, 0.05) is 18.3 Å². The van der Waals surface area contributed by atoms with Gasteiger partial charge in [-0.05, 0) is 42.2 Å². The number of carbonyl (C=O) groups is 1. The number of para-hydroxylation sites is 1. The molecule has 2 heterocycles. The predicted molar refractivity (Wildman–Crippen MR) is 91.7 cm³/mol. The van der Waals surface area contributed by atoms with Crippen LogP contribution in [0.5, 0.6) is 0 Å². The molecule has 0 aliphatic rings. The standard InChI is InChI=1S/C16H14N4O3S/c21-15(22)6-3-9-20-14(8-7-11-10-24-19-18-11)17-13-5-2-1-4-12(13)16(20)23/h1-2,4-5,7-8,10H,3,6,9H2,(H,21,22). The highest BCUT2D eigenvalue weighted by Crippen LogP contribution is 2.11. The minimum Gasteiger partial charge on any atom is -0.481 e. The van der Waals surface area contributed by atoms with Crippen LogP contribution in [-0.4, -0.2) is 30.2 Å². The third-order valence-electron chi connectivity index (χ3n) is 3.44. The van der Waals surface area contributed by atoms with Crippen molar-refractivity contribution in [2.45, 2.75) is 19.4 Å². The molecule has 2 aromatic heterocycles. The molecule has 0 saturated heterocycles. The van der Waals surface area contributed by atoms with Crippen molar-refractivity contribution in [1.29, 1.82) is 0 Å². The number of hydrogen-bond acceptors (Lipinski definition) is 6. The zero-order chi connectivity index (χ0) is 16.9. The van der Waals surface area contributed by atoms with Gasteiger partial charge < -0.3 is 5.11 Å². The number of aliphatic carboxylic acids is 1. The molecule has 3 aromatic rings. The highest BCUT2D eigenvalue weighted by atomic mass is 32.1. The first-order valence-electron chi connectivity index (χ1n) is 7.31. The second kappa shape index (κ2) is 7.14. The van der Waals surface area contributed by atoms with Gasteiger partial charge in [0.05, 0.1) is 16.6 Å². The van der Waals surface area contributed by atoms with Crippen LogP contribution >= 0.6 is 11.5 Å². The van der Waals surface area contributed by atoms with Crippen molar-refractivity contribution in [2.75, 3.05) is 0 Å². The van der Waals surface area contributed by atoms with Crippen LogP contribution in [0.4, 0.5) is 0 Å². The number of benzene rings is 1. The van der Waals surface area contributed by atoms with Crippen molar-refractivity contribution in [3.8, 4) is 0 Å². The quantitative estimate of drug-likeness (QED) is 0.738. The Labute approximate surface area is 141 Å². The Morgan fingerprint density at radius 2 is 2.12 bits per heavy atom. The summed E-state index contributed by atoms with van der Waals surface area (Å²) in [6.45, 7) is 0.290. The van der Waals surface area contributed by atoms with Gasteiger partial charge in [0.2, 0.25) is 0 Å². The van der Waals surface area contributed by atoms with E-state index in [1.54, 1.807) is 35.7 Å². The van der Waals surface area contributed by atoms with E-state index in [4.69, 9.17) is 5.11 Å². The van der Waals surface area contributed by atoms with Crippen LogP contribution in [0.2, 0.25) is 0 Å². The van der Waals surface area contributed by atoms with E-state index >= 15 is 0 Å². The van der Waals surface area contributed by atoms with Crippen molar-refractivity contribution in [2.24, 2.45) is 0 Å². The molecule has 0 spiro atoms. The number of aromatic nitrogens is 4. The second-order valence-electron chi connectivity index (χ2n) is 5.10. The molecule has 8 heteroatoms. The van der Waals surface area contributed by atoms with Crippen LogP contribution in [0, 0.1) is 0 Å². The Morgan fingerprint density at radius 1 is 1.29 bits per heavy atom. The van der Waals surface area contributed by atoms with Crippen LogP contribution in [0.1, 0.15) is 24.4 Å². The highest BCUT2D eigenvalue weighted by molar-refractivity contribution is 7.03. The summed E-state index contributed by atoms with van der Waals surface area (Å²) in [4.78, 5) is 27.9. The average molecular weight is 342 g/mol. The maximum Gasteiger partial charge on any atom is 0.303 e. The fourth-order valence-corrected chi connectivity index (χ4v) is 2.74. The lowest BCUT2D eigenvalue weighted by Crippen LogP contribution is -2.24. The minimum absolute atomic E-state index is 0.00156. The summed E-state index contributed by atoms with van der Waals surface area (Å²) >= 11 is 1.24. The van der Waals surface area contributed by atoms with Crippen molar-refractivity contribution in [3.05, 3.63) is 51.5 Å². The Bertz CT molecular complexity index is 948. The van der Waals surface area contributed by atoms with Crippen molar-refractivity contribution in [1.82, 2.24) is 19.1 Å². The van der Waals surface area contributed by atoms with Gasteiger partial charge in [-0.15, -0.1) is 5.10 Å². The van der Waals surface area contributed by atoms with E-state index in [2.05, 4.69) is 14.6 Å². The van der Waals surface area contributed by atoms with Crippen LogP contribution in [0.3, 0.4) is 0 Å². The molecule has 1 N–H and O–H groups in total. The normalized spacial score (nSPS) is 11.3. The monoisotopic (exact) mass is 342 g/mol. The lowest BCUT2D eigenvalue weighted by molar-refractivity contribution is -0.137. The summed E-state index contributed by atoms with van der Waals surface area (Å²) < 4.78 is 5.28. The zero-order valence-electron chi connectivity index (χ0n) is 12.6. The van der Waals surface area contributed by atoms with Crippen LogP contribution in [0.15, 0.2) is 34.4 Å². The average Bonchev–Trinajstić information content (AvgIpc) is 3.08. The van der Waals surface area contributed by atoms with E-state index in [1.807, 2.05) is 6.07 Å². The lowest BCUT2D eigenvalue weighted by atomic mass is 10.2. The fraction of sp³-hybridized carbons (Fsp3) is 0.188.